The Morgan fingerprint density at radius 1 is 1.31 bits per heavy atom. The van der Waals surface area contributed by atoms with Gasteiger partial charge in [-0.1, -0.05) is 19.9 Å². The summed E-state index contributed by atoms with van der Waals surface area (Å²) in [6.07, 6.45) is 1.41. The fourth-order valence-corrected chi connectivity index (χ4v) is 2.54. The molecule has 0 aromatic carbocycles. The third kappa shape index (κ3) is 5.31. The maximum absolute atomic E-state index is 12.9. The summed E-state index contributed by atoms with van der Waals surface area (Å²) >= 11 is 0. The number of Topliss-reactive ketones (excluding diaryl/α,β-unsaturated/α-hetero) is 1. The maximum Gasteiger partial charge on any atom is 0.408 e. The molecule has 8 heteroatoms. The van der Waals surface area contributed by atoms with Crippen LogP contribution in [0, 0.1) is 5.92 Å². The lowest BCUT2D eigenvalue weighted by molar-refractivity contribution is -0.137. The molecule has 0 radical (unpaired) electrons. The van der Waals surface area contributed by atoms with Gasteiger partial charge in [0.25, 0.3) is 5.91 Å². The average Bonchev–Trinajstić information content (AvgIpc) is 2.71. The van der Waals surface area contributed by atoms with Crippen LogP contribution in [-0.4, -0.2) is 47.5 Å². The van der Waals surface area contributed by atoms with E-state index in [0.717, 1.165) is 6.08 Å². The topological polar surface area (TPSA) is 111 Å². The van der Waals surface area contributed by atoms with E-state index in [2.05, 4.69) is 10.6 Å². The second kappa shape index (κ2) is 8.33. The van der Waals surface area contributed by atoms with E-state index in [0.29, 0.717) is 0 Å². The summed E-state index contributed by atoms with van der Waals surface area (Å²) in [6, 6.07) is -0.728. The molecule has 2 N–H and O–H groups in total. The van der Waals surface area contributed by atoms with E-state index in [1.165, 1.54) is 6.08 Å². The van der Waals surface area contributed by atoms with E-state index >= 15 is 0 Å². The van der Waals surface area contributed by atoms with Crippen LogP contribution in [0.3, 0.4) is 0 Å². The SMILES string of the molecule is CCOC(=O)/C=C/C[C@@]1(NC(=O)OC(C)(C)C)C(=O)N[C@H](C(C)C)C1=O. The zero-order chi connectivity index (χ0) is 20.1. The van der Waals surface area contributed by atoms with Crippen molar-refractivity contribution in [1.29, 1.82) is 0 Å². The molecule has 8 nitrogen and oxygen atoms in total. The minimum absolute atomic E-state index is 0.150. The first-order valence-electron chi connectivity index (χ1n) is 8.62. The largest absolute Gasteiger partial charge is 0.463 e. The van der Waals surface area contributed by atoms with Crippen molar-refractivity contribution >= 4 is 23.8 Å². The van der Waals surface area contributed by atoms with Gasteiger partial charge in [0, 0.05) is 12.5 Å². The van der Waals surface area contributed by atoms with E-state index in [1.54, 1.807) is 41.5 Å². The lowest BCUT2D eigenvalue weighted by atomic mass is 9.86. The fraction of sp³-hybridized carbons (Fsp3) is 0.667. The predicted octanol–water partition coefficient (Wildman–Crippen LogP) is 1.48. The van der Waals surface area contributed by atoms with Crippen molar-refractivity contribution in [3.63, 3.8) is 0 Å². The molecular weight excluding hydrogens is 340 g/mol. The highest BCUT2D eigenvalue weighted by Gasteiger charge is 2.56. The summed E-state index contributed by atoms with van der Waals surface area (Å²) in [5.74, 6) is -1.83. The average molecular weight is 368 g/mol. The molecule has 1 saturated heterocycles. The zero-order valence-corrected chi connectivity index (χ0v) is 16.2. The fourth-order valence-electron chi connectivity index (χ4n) is 2.54. The summed E-state index contributed by atoms with van der Waals surface area (Å²) in [7, 11) is 0. The molecule has 0 aromatic heterocycles. The van der Waals surface area contributed by atoms with Gasteiger partial charge in [-0.2, -0.15) is 0 Å². The van der Waals surface area contributed by atoms with Crippen LogP contribution < -0.4 is 10.6 Å². The molecule has 2 atom stereocenters. The Balaban J connectivity index is 3.09. The third-order valence-electron chi connectivity index (χ3n) is 3.72. The highest BCUT2D eigenvalue weighted by Crippen LogP contribution is 2.26. The van der Waals surface area contributed by atoms with Crippen LogP contribution in [-0.2, 0) is 23.9 Å². The lowest BCUT2D eigenvalue weighted by Gasteiger charge is -2.28. The van der Waals surface area contributed by atoms with Crippen LogP contribution in [0.4, 0.5) is 4.79 Å². The van der Waals surface area contributed by atoms with Crippen molar-refractivity contribution in [2.24, 2.45) is 5.92 Å². The Hall–Kier alpha value is -2.38. The van der Waals surface area contributed by atoms with E-state index in [9.17, 15) is 19.2 Å². The minimum atomic E-state index is -1.82. The van der Waals surface area contributed by atoms with Gasteiger partial charge in [-0.05, 0) is 33.6 Å². The molecule has 1 aliphatic rings. The molecular formula is C18H28N2O6. The number of amides is 2. The molecule has 1 fully saturated rings. The van der Waals surface area contributed by atoms with Gasteiger partial charge in [0.15, 0.2) is 11.3 Å². The van der Waals surface area contributed by atoms with Crippen LogP contribution in [0.15, 0.2) is 12.2 Å². The van der Waals surface area contributed by atoms with Crippen LogP contribution in [0.2, 0.25) is 0 Å². The van der Waals surface area contributed by atoms with Crippen LogP contribution in [0.1, 0.15) is 48.0 Å². The molecule has 1 rings (SSSR count). The van der Waals surface area contributed by atoms with Crippen LogP contribution >= 0.6 is 0 Å². The maximum atomic E-state index is 12.9. The number of ketones is 1. The Bertz CT molecular complexity index is 605. The normalized spacial score (nSPS) is 23.3. The summed E-state index contributed by atoms with van der Waals surface area (Å²) in [5, 5.41) is 5.03. The minimum Gasteiger partial charge on any atom is -0.463 e. The van der Waals surface area contributed by atoms with Gasteiger partial charge in [0.05, 0.1) is 12.6 Å². The molecule has 2 amide bonds. The first kappa shape index (κ1) is 21.7. The standard InChI is InChI=1S/C18H28N2O6/c1-7-25-12(21)9-8-10-18(20-16(24)26-17(4,5)6)14(22)13(11(2)3)19-15(18)23/h8-9,11,13H,7,10H2,1-6H3,(H,19,23)(H,20,24)/b9-8+/t13-,18+/m1/s1. The van der Waals surface area contributed by atoms with E-state index in [4.69, 9.17) is 9.47 Å². The number of alkyl carbamates (subject to hydrolysis) is 1. The van der Waals surface area contributed by atoms with Crippen LogP contribution in [0.5, 0.6) is 0 Å². The molecule has 1 heterocycles. The third-order valence-corrected chi connectivity index (χ3v) is 3.72. The first-order valence-corrected chi connectivity index (χ1v) is 8.62. The molecule has 0 aromatic rings. The Morgan fingerprint density at radius 3 is 2.38 bits per heavy atom. The van der Waals surface area contributed by atoms with Crippen molar-refractivity contribution in [3.05, 3.63) is 12.2 Å². The van der Waals surface area contributed by atoms with Crippen molar-refractivity contribution in [3.8, 4) is 0 Å². The van der Waals surface area contributed by atoms with Gasteiger partial charge in [-0.3, -0.25) is 14.9 Å². The quantitative estimate of drug-likeness (QED) is 0.417. The van der Waals surface area contributed by atoms with Gasteiger partial charge in [0.1, 0.15) is 5.60 Å². The summed E-state index contributed by atoms with van der Waals surface area (Å²) in [5.41, 5.74) is -2.61. The molecule has 1 aliphatic heterocycles. The highest BCUT2D eigenvalue weighted by atomic mass is 16.6. The van der Waals surface area contributed by atoms with Gasteiger partial charge in [-0.15, -0.1) is 0 Å². The van der Waals surface area contributed by atoms with Gasteiger partial charge < -0.3 is 14.8 Å². The summed E-state index contributed by atoms with van der Waals surface area (Å²) in [6.45, 7) is 10.5. The Labute approximate surface area is 153 Å². The second-order valence-corrected chi connectivity index (χ2v) is 7.45. The first-order chi connectivity index (χ1) is 11.9. The number of esters is 1. The molecule has 0 unspecified atom stereocenters. The molecule has 26 heavy (non-hydrogen) atoms. The number of nitrogens with one attached hydrogen (secondary N) is 2. The summed E-state index contributed by atoms with van der Waals surface area (Å²) < 4.78 is 9.96. The predicted molar refractivity (Wildman–Crippen MR) is 94.3 cm³/mol. The number of carbonyl (C=O) groups excluding carboxylic acids is 4. The molecule has 0 bridgehead atoms. The van der Waals surface area contributed by atoms with Gasteiger partial charge in [-0.25, -0.2) is 9.59 Å². The number of hydrogen-bond donors (Lipinski definition) is 2. The van der Waals surface area contributed by atoms with Crippen molar-refractivity contribution in [2.75, 3.05) is 6.61 Å². The molecule has 0 saturated carbocycles. The van der Waals surface area contributed by atoms with Crippen molar-refractivity contribution < 1.29 is 28.7 Å². The van der Waals surface area contributed by atoms with Crippen LogP contribution in [0.25, 0.3) is 0 Å². The Kier molecular flexibility index (Phi) is 6.94. The number of carbonyl (C=O) groups is 4. The van der Waals surface area contributed by atoms with Gasteiger partial charge >= 0.3 is 12.1 Å². The Morgan fingerprint density at radius 2 is 1.92 bits per heavy atom. The number of rotatable bonds is 6. The second-order valence-electron chi connectivity index (χ2n) is 7.45. The lowest BCUT2D eigenvalue weighted by Crippen LogP contribution is -2.58. The molecule has 146 valence electrons. The zero-order valence-electron chi connectivity index (χ0n) is 16.2. The van der Waals surface area contributed by atoms with E-state index in [1.807, 2.05) is 0 Å². The van der Waals surface area contributed by atoms with E-state index < -0.39 is 40.9 Å². The van der Waals surface area contributed by atoms with Crippen molar-refractivity contribution in [1.82, 2.24) is 10.6 Å². The summed E-state index contributed by atoms with van der Waals surface area (Å²) in [4.78, 5) is 49.1. The molecule has 0 aliphatic carbocycles. The number of hydrogen-bond acceptors (Lipinski definition) is 6. The molecule has 0 spiro atoms. The highest BCUT2D eigenvalue weighted by molar-refractivity contribution is 6.20. The smallest absolute Gasteiger partial charge is 0.408 e. The van der Waals surface area contributed by atoms with E-state index in [-0.39, 0.29) is 18.9 Å². The van der Waals surface area contributed by atoms with Gasteiger partial charge in [0.2, 0.25) is 0 Å². The number of ether oxygens (including phenoxy) is 2. The van der Waals surface area contributed by atoms with Crippen molar-refractivity contribution in [2.45, 2.75) is 65.1 Å². The monoisotopic (exact) mass is 368 g/mol.